The van der Waals surface area contributed by atoms with E-state index in [4.69, 9.17) is 14.9 Å². The molecule has 0 radical (unpaired) electrons. The van der Waals surface area contributed by atoms with Crippen molar-refractivity contribution in [2.75, 3.05) is 20.1 Å². The van der Waals surface area contributed by atoms with E-state index in [1.54, 1.807) is 12.1 Å². The first-order valence-electron chi connectivity index (χ1n) is 9.91. The van der Waals surface area contributed by atoms with Gasteiger partial charge in [-0.05, 0) is 37.4 Å². The van der Waals surface area contributed by atoms with E-state index in [1.807, 2.05) is 13.8 Å². The Morgan fingerprint density at radius 2 is 1.97 bits per heavy atom. The number of nitrogens with zero attached hydrogens (tertiary/aromatic N) is 2. The highest BCUT2D eigenvalue weighted by molar-refractivity contribution is 6.07. The largest absolute Gasteiger partial charge is 0.429 e. The fraction of sp³-hybridized carbons (Fsp3) is 0.333. The van der Waals surface area contributed by atoms with Crippen molar-refractivity contribution in [3.05, 3.63) is 47.3 Å². The second-order valence-corrected chi connectivity index (χ2v) is 6.93. The van der Waals surface area contributed by atoms with Gasteiger partial charge in [0.25, 0.3) is 11.9 Å². The van der Waals surface area contributed by atoms with Crippen molar-refractivity contribution in [1.29, 1.82) is 0 Å². The Morgan fingerprint density at radius 1 is 1.25 bits per heavy atom. The number of H-pyrrole nitrogens is 1. The molecule has 32 heavy (non-hydrogen) atoms. The van der Waals surface area contributed by atoms with E-state index in [0.29, 0.717) is 12.3 Å². The van der Waals surface area contributed by atoms with Crippen LogP contribution in [0.3, 0.4) is 0 Å². The van der Waals surface area contributed by atoms with Gasteiger partial charge < -0.3 is 19.9 Å². The number of aliphatic imine (C=N–C) groups is 1. The standard InChI is InChI=1S/C21H24F3N5O3/c1-4-29(5-2)11-12-6-9-17(31-12)32-16-8-7-14(21(22,23)24)13-10-15(27-18(13)16)19(30)28-20(25)26-3/h6-10,27H,4-5,11H2,1-3H3,(H3,25,26,28,30). The third kappa shape index (κ3) is 5.05. The molecular formula is C21H24F3N5O3. The topological polar surface area (TPSA) is 109 Å². The molecule has 8 nitrogen and oxygen atoms in total. The molecule has 0 saturated carbocycles. The van der Waals surface area contributed by atoms with Gasteiger partial charge >= 0.3 is 6.18 Å². The van der Waals surface area contributed by atoms with Crippen LogP contribution in [0.5, 0.6) is 11.7 Å². The lowest BCUT2D eigenvalue weighted by atomic mass is 10.1. The maximum atomic E-state index is 13.5. The van der Waals surface area contributed by atoms with Gasteiger partial charge in [-0.25, -0.2) is 0 Å². The molecule has 3 rings (SSSR count). The van der Waals surface area contributed by atoms with Gasteiger partial charge in [-0.3, -0.25) is 20.0 Å². The van der Waals surface area contributed by atoms with Crippen molar-refractivity contribution in [1.82, 2.24) is 15.2 Å². The van der Waals surface area contributed by atoms with Crippen LogP contribution in [0, 0.1) is 0 Å². The molecule has 0 aliphatic carbocycles. The van der Waals surface area contributed by atoms with Gasteiger partial charge in [0.2, 0.25) is 0 Å². The number of nitrogens with one attached hydrogen (secondary N) is 2. The van der Waals surface area contributed by atoms with Crippen LogP contribution in [0.25, 0.3) is 10.9 Å². The van der Waals surface area contributed by atoms with Crippen molar-refractivity contribution < 1.29 is 27.1 Å². The third-order valence-corrected chi connectivity index (χ3v) is 4.91. The van der Waals surface area contributed by atoms with E-state index in [9.17, 15) is 18.0 Å². The monoisotopic (exact) mass is 451 g/mol. The molecule has 0 atom stereocenters. The molecule has 0 aliphatic rings. The number of hydrogen-bond donors (Lipinski definition) is 3. The van der Waals surface area contributed by atoms with Crippen LogP contribution in [0.4, 0.5) is 13.2 Å². The molecule has 2 heterocycles. The van der Waals surface area contributed by atoms with Crippen LogP contribution in [0.2, 0.25) is 0 Å². The molecule has 0 fully saturated rings. The number of nitrogens with two attached hydrogens (primary N) is 1. The Morgan fingerprint density at radius 3 is 2.59 bits per heavy atom. The summed E-state index contributed by atoms with van der Waals surface area (Å²) in [6.07, 6.45) is -4.63. The zero-order chi connectivity index (χ0) is 23.5. The van der Waals surface area contributed by atoms with Gasteiger partial charge in [0.05, 0.1) is 17.6 Å². The summed E-state index contributed by atoms with van der Waals surface area (Å²) in [6.45, 7) is 6.32. The molecular weight excluding hydrogens is 427 g/mol. The number of ether oxygens (including phenoxy) is 1. The van der Waals surface area contributed by atoms with Crippen molar-refractivity contribution >= 4 is 22.8 Å². The Labute approximate surface area is 182 Å². The number of aromatic amines is 1. The van der Waals surface area contributed by atoms with Gasteiger partial charge in [0.1, 0.15) is 11.5 Å². The van der Waals surface area contributed by atoms with Crippen LogP contribution in [-0.4, -0.2) is 41.9 Å². The number of rotatable bonds is 7. The number of aromatic nitrogens is 1. The highest BCUT2D eigenvalue weighted by Crippen LogP contribution is 2.40. The quantitative estimate of drug-likeness (QED) is 0.370. The Bertz CT molecular complexity index is 1130. The van der Waals surface area contributed by atoms with E-state index in [-0.39, 0.29) is 34.3 Å². The highest BCUT2D eigenvalue weighted by atomic mass is 19.4. The molecule has 3 aromatic rings. The van der Waals surface area contributed by atoms with Crippen molar-refractivity contribution in [2.24, 2.45) is 10.7 Å². The minimum Gasteiger partial charge on any atom is -0.429 e. The summed E-state index contributed by atoms with van der Waals surface area (Å²) in [5.41, 5.74) is 4.44. The average Bonchev–Trinajstić information content (AvgIpc) is 3.38. The Balaban J connectivity index is 1.97. The number of alkyl halides is 3. The summed E-state index contributed by atoms with van der Waals surface area (Å²) in [5.74, 6) is -0.0443. The molecule has 0 bridgehead atoms. The molecule has 0 aliphatic heterocycles. The fourth-order valence-corrected chi connectivity index (χ4v) is 3.16. The minimum absolute atomic E-state index is 0.00123. The van der Waals surface area contributed by atoms with Crippen molar-refractivity contribution in [2.45, 2.75) is 26.6 Å². The molecule has 1 aromatic carbocycles. The highest BCUT2D eigenvalue weighted by Gasteiger charge is 2.34. The lowest BCUT2D eigenvalue weighted by molar-refractivity contribution is -0.136. The first-order valence-corrected chi connectivity index (χ1v) is 9.91. The molecule has 0 spiro atoms. The van der Waals surface area contributed by atoms with E-state index in [1.165, 1.54) is 13.1 Å². The van der Waals surface area contributed by atoms with E-state index >= 15 is 0 Å². The van der Waals surface area contributed by atoms with Gasteiger partial charge in [0.15, 0.2) is 11.7 Å². The van der Waals surface area contributed by atoms with Crippen LogP contribution in [0.15, 0.2) is 39.7 Å². The summed E-state index contributed by atoms with van der Waals surface area (Å²) < 4.78 is 52.0. The second-order valence-electron chi connectivity index (χ2n) is 6.93. The van der Waals surface area contributed by atoms with Crippen LogP contribution >= 0.6 is 0 Å². The predicted octanol–water partition coefficient (Wildman–Crippen LogP) is 4.09. The molecule has 0 saturated heterocycles. The number of fused-ring (bicyclic) bond motifs is 1. The predicted molar refractivity (Wildman–Crippen MR) is 114 cm³/mol. The van der Waals surface area contributed by atoms with Crippen LogP contribution in [0.1, 0.15) is 35.7 Å². The van der Waals surface area contributed by atoms with Crippen LogP contribution < -0.4 is 15.8 Å². The number of amides is 1. The van der Waals surface area contributed by atoms with Crippen molar-refractivity contribution in [3.8, 4) is 11.7 Å². The summed E-state index contributed by atoms with van der Waals surface area (Å²) in [6, 6.07) is 6.51. The summed E-state index contributed by atoms with van der Waals surface area (Å²) in [5, 5.41) is 2.06. The summed E-state index contributed by atoms with van der Waals surface area (Å²) >= 11 is 0. The Hall–Kier alpha value is -3.47. The first-order chi connectivity index (χ1) is 15.2. The van der Waals surface area contributed by atoms with E-state index in [0.717, 1.165) is 25.2 Å². The number of furan rings is 1. The SMILES string of the molecule is CCN(CC)Cc1ccc(Oc2ccc(C(F)(F)F)c3cc(C(=O)NC(N)=NC)[nH]c23)o1. The third-order valence-electron chi connectivity index (χ3n) is 4.91. The lowest BCUT2D eigenvalue weighted by Gasteiger charge is -2.15. The van der Waals surface area contributed by atoms with Gasteiger partial charge in [0, 0.05) is 18.5 Å². The maximum Gasteiger partial charge on any atom is 0.417 e. The number of halogens is 3. The number of guanidine groups is 1. The molecule has 11 heteroatoms. The average molecular weight is 451 g/mol. The Kier molecular flexibility index (Phi) is 6.78. The normalized spacial score (nSPS) is 12.5. The molecule has 1 amide bonds. The second kappa shape index (κ2) is 9.35. The molecule has 4 N–H and O–H groups in total. The van der Waals surface area contributed by atoms with E-state index < -0.39 is 17.6 Å². The fourth-order valence-electron chi connectivity index (χ4n) is 3.16. The molecule has 2 aromatic heterocycles. The van der Waals surface area contributed by atoms with Gasteiger partial charge in [-0.15, -0.1) is 0 Å². The van der Waals surface area contributed by atoms with E-state index in [2.05, 4.69) is 20.2 Å². The number of hydrogen-bond acceptors (Lipinski definition) is 5. The summed E-state index contributed by atoms with van der Waals surface area (Å²) in [4.78, 5) is 20.8. The van der Waals surface area contributed by atoms with Crippen LogP contribution in [-0.2, 0) is 12.7 Å². The zero-order valence-corrected chi connectivity index (χ0v) is 17.8. The lowest BCUT2D eigenvalue weighted by Crippen LogP contribution is -2.36. The maximum absolute atomic E-state index is 13.5. The smallest absolute Gasteiger partial charge is 0.417 e. The molecule has 0 unspecified atom stereocenters. The first kappa shape index (κ1) is 23.2. The summed E-state index contributed by atoms with van der Waals surface area (Å²) in [7, 11) is 1.37. The van der Waals surface area contributed by atoms with Gasteiger partial charge in [-0.1, -0.05) is 13.8 Å². The van der Waals surface area contributed by atoms with Gasteiger partial charge in [-0.2, -0.15) is 13.2 Å². The zero-order valence-electron chi connectivity index (χ0n) is 17.8. The number of carbonyl (C=O) groups is 1. The number of carbonyl (C=O) groups excluding carboxylic acids is 1. The van der Waals surface area contributed by atoms with Crippen molar-refractivity contribution in [3.63, 3.8) is 0 Å². The molecule has 172 valence electrons. The minimum atomic E-state index is -4.63. The number of benzene rings is 1.